The van der Waals surface area contributed by atoms with Crippen LogP contribution < -0.4 is 5.73 Å². The lowest BCUT2D eigenvalue weighted by Crippen LogP contribution is -2.27. The lowest BCUT2D eigenvalue weighted by atomic mass is 9.76. The zero-order valence-corrected chi connectivity index (χ0v) is 12.2. The molecular weight excluding hydrogens is 269 g/mol. The van der Waals surface area contributed by atoms with Gasteiger partial charge in [0.2, 0.25) is 0 Å². The number of halogens is 1. The van der Waals surface area contributed by atoms with Crippen LogP contribution in [0.3, 0.4) is 0 Å². The number of anilines is 1. The Bertz CT molecular complexity index is 610. The number of nitrogens with zero attached hydrogens (tertiary/aromatic N) is 4. The maximum atomic E-state index is 13.5. The van der Waals surface area contributed by atoms with Gasteiger partial charge in [0.1, 0.15) is 5.82 Å². The van der Waals surface area contributed by atoms with Crippen molar-refractivity contribution in [3.05, 3.63) is 24.0 Å². The molecule has 0 saturated heterocycles. The van der Waals surface area contributed by atoms with Crippen LogP contribution in [0, 0.1) is 11.2 Å². The third-order valence-corrected chi connectivity index (χ3v) is 4.30. The molecule has 0 radical (unpaired) electrons. The molecule has 2 aromatic rings. The Morgan fingerprint density at radius 1 is 1.24 bits per heavy atom. The molecule has 0 amide bonds. The molecule has 2 N–H and O–H groups in total. The Labute approximate surface area is 123 Å². The SMILES string of the molecule is CC1(Cn2nnnc2-c2cc(N)cc(F)c2)CCCCC1. The van der Waals surface area contributed by atoms with Gasteiger partial charge in [-0.25, -0.2) is 9.07 Å². The molecule has 6 heteroatoms. The molecule has 1 aromatic carbocycles. The molecule has 1 fully saturated rings. The van der Waals surface area contributed by atoms with Crippen molar-refractivity contribution in [2.24, 2.45) is 5.41 Å². The molecular formula is C15H20FN5. The third-order valence-electron chi connectivity index (χ3n) is 4.30. The molecule has 0 atom stereocenters. The van der Waals surface area contributed by atoms with Crippen LogP contribution in [0.5, 0.6) is 0 Å². The first kappa shape index (κ1) is 14.0. The first-order valence-electron chi connectivity index (χ1n) is 7.38. The molecule has 1 aliphatic carbocycles. The molecule has 0 aliphatic heterocycles. The van der Waals surface area contributed by atoms with E-state index in [-0.39, 0.29) is 11.2 Å². The number of hydrogen-bond acceptors (Lipinski definition) is 4. The summed E-state index contributed by atoms with van der Waals surface area (Å²) in [6, 6.07) is 4.41. The summed E-state index contributed by atoms with van der Waals surface area (Å²) in [5.41, 5.74) is 6.92. The third kappa shape index (κ3) is 3.04. The van der Waals surface area contributed by atoms with E-state index in [9.17, 15) is 4.39 Å². The van der Waals surface area contributed by atoms with Crippen LogP contribution in [0.1, 0.15) is 39.0 Å². The first-order chi connectivity index (χ1) is 10.1. The van der Waals surface area contributed by atoms with Gasteiger partial charge in [-0.3, -0.25) is 0 Å². The summed E-state index contributed by atoms with van der Waals surface area (Å²) in [5, 5.41) is 11.9. The average Bonchev–Trinajstić information content (AvgIpc) is 2.85. The van der Waals surface area contributed by atoms with Crippen LogP contribution >= 0.6 is 0 Å². The molecule has 1 heterocycles. The second-order valence-corrected chi connectivity index (χ2v) is 6.30. The average molecular weight is 289 g/mol. The van der Waals surface area contributed by atoms with Crippen molar-refractivity contribution in [2.45, 2.75) is 45.6 Å². The second kappa shape index (κ2) is 5.42. The summed E-state index contributed by atoms with van der Waals surface area (Å²) in [4.78, 5) is 0. The molecule has 3 rings (SSSR count). The van der Waals surface area contributed by atoms with Gasteiger partial charge < -0.3 is 5.73 Å². The van der Waals surface area contributed by atoms with Gasteiger partial charge in [0.25, 0.3) is 0 Å². The Balaban J connectivity index is 1.90. The van der Waals surface area contributed by atoms with Gasteiger partial charge in [-0.1, -0.05) is 26.2 Å². The van der Waals surface area contributed by atoms with Gasteiger partial charge in [-0.2, -0.15) is 0 Å². The van der Waals surface area contributed by atoms with E-state index in [2.05, 4.69) is 22.4 Å². The highest BCUT2D eigenvalue weighted by atomic mass is 19.1. The minimum absolute atomic E-state index is 0.210. The number of aromatic nitrogens is 4. The molecule has 1 saturated carbocycles. The highest BCUT2D eigenvalue weighted by molar-refractivity contribution is 5.61. The van der Waals surface area contributed by atoms with E-state index in [1.54, 1.807) is 10.7 Å². The number of tetrazole rings is 1. The standard InChI is InChI=1S/C15H20FN5/c1-15(5-3-2-4-6-15)10-21-14(18-19-20-21)11-7-12(16)9-13(17)8-11/h7-9H,2-6,10,17H2,1H3. The van der Waals surface area contributed by atoms with Crippen molar-refractivity contribution >= 4 is 5.69 Å². The minimum atomic E-state index is -0.372. The predicted molar refractivity (Wildman–Crippen MR) is 78.8 cm³/mol. The Kier molecular flexibility index (Phi) is 3.61. The Morgan fingerprint density at radius 2 is 2.00 bits per heavy atom. The van der Waals surface area contributed by atoms with Crippen LogP contribution in [-0.4, -0.2) is 20.2 Å². The fourth-order valence-electron chi connectivity index (χ4n) is 3.18. The maximum absolute atomic E-state index is 13.5. The van der Waals surface area contributed by atoms with Gasteiger partial charge in [0.15, 0.2) is 5.82 Å². The van der Waals surface area contributed by atoms with Crippen molar-refractivity contribution in [2.75, 3.05) is 5.73 Å². The number of benzene rings is 1. The smallest absolute Gasteiger partial charge is 0.182 e. The second-order valence-electron chi connectivity index (χ2n) is 6.30. The zero-order valence-electron chi connectivity index (χ0n) is 12.2. The van der Waals surface area contributed by atoms with Crippen molar-refractivity contribution in [3.63, 3.8) is 0 Å². The normalized spacial score (nSPS) is 17.8. The highest BCUT2D eigenvalue weighted by Gasteiger charge is 2.29. The van der Waals surface area contributed by atoms with Crippen molar-refractivity contribution < 1.29 is 4.39 Å². The summed E-state index contributed by atoms with van der Waals surface area (Å²) >= 11 is 0. The van der Waals surface area contributed by atoms with Gasteiger partial charge in [0.05, 0.1) is 6.54 Å². The van der Waals surface area contributed by atoms with Gasteiger partial charge >= 0.3 is 0 Å². The van der Waals surface area contributed by atoms with Crippen LogP contribution in [0.25, 0.3) is 11.4 Å². The van der Waals surface area contributed by atoms with Crippen LogP contribution in [0.2, 0.25) is 0 Å². The minimum Gasteiger partial charge on any atom is -0.399 e. The van der Waals surface area contributed by atoms with Gasteiger partial charge in [-0.15, -0.1) is 5.10 Å². The first-order valence-corrected chi connectivity index (χ1v) is 7.38. The molecule has 0 unspecified atom stereocenters. The van der Waals surface area contributed by atoms with E-state index in [4.69, 9.17) is 5.73 Å². The fraction of sp³-hybridized carbons (Fsp3) is 0.533. The largest absolute Gasteiger partial charge is 0.399 e. The van der Waals surface area contributed by atoms with Crippen molar-refractivity contribution in [3.8, 4) is 11.4 Å². The maximum Gasteiger partial charge on any atom is 0.182 e. The van der Waals surface area contributed by atoms with Crippen LogP contribution in [-0.2, 0) is 6.54 Å². The summed E-state index contributed by atoms with van der Waals surface area (Å²) < 4.78 is 15.3. The Hall–Kier alpha value is -1.98. The fourth-order valence-corrected chi connectivity index (χ4v) is 3.18. The number of rotatable bonds is 3. The number of hydrogen-bond donors (Lipinski definition) is 1. The lowest BCUT2D eigenvalue weighted by molar-refractivity contribution is 0.175. The quantitative estimate of drug-likeness (QED) is 0.882. The summed E-state index contributed by atoms with van der Waals surface area (Å²) in [6.45, 7) is 3.03. The van der Waals surface area contributed by atoms with Crippen LogP contribution in [0.4, 0.5) is 10.1 Å². The van der Waals surface area contributed by atoms with E-state index in [0.717, 1.165) is 6.54 Å². The van der Waals surface area contributed by atoms with Crippen molar-refractivity contribution in [1.82, 2.24) is 20.2 Å². The molecule has 0 spiro atoms. The lowest BCUT2D eigenvalue weighted by Gasteiger charge is -2.33. The summed E-state index contributed by atoms with van der Waals surface area (Å²) in [6.07, 6.45) is 6.16. The predicted octanol–water partition coefficient (Wildman–Crippen LogP) is 3.03. The molecule has 112 valence electrons. The van der Waals surface area contributed by atoms with E-state index in [0.29, 0.717) is 17.1 Å². The van der Waals surface area contributed by atoms with E-state index in [1.807, 2.05) is 0 Å². The highest BCUT2D eigenvalue weighted by Crippen LogP contribution is 2.37. The molecule has 1 aromatic heterocycles. The van der Waals surface area contributed by atoms with Crippen LogP contribution in [0.15, 0.2) is 18.2 Å². The van der Waals surface area contributed by atoms with E-state index >= 15 is 0 Å². The molecule has 5 nitrogen and oxygen atoms in total. The molecule has 21 heavy (non-hydrogen) atoms. The van der Waals surface area contributed by atoms with Gasteiger partial charge in [0, 0.05) is 11.3 Å². The van der Waals surface area contributed by atoms with E-state index < -0.39 is 0 Å². The van der Waals surface area contributed by atoms with E-state index in [1.165, 1.54) is 44.2 Å². The topological polar surface area (TPSA) is 69.6 Å². The van der Waals surface area contributed by atoms with Crippen molar-refractivity contribution in [1.29, 1.82) is 0 Å². The summed E-state index contributed by atoms with van der Waals surface area (Å²) in [5.74, 6) is 0.205. The Morgan fingerprint density at radius 3 is 2.71 bits per heavy atom. The zero-order chi connectivity index (χ0) is 14.9. The molecule has 1 aliphatic rings. The summed E-state index contributed by atoms with van der Waals surface area (Å²) in [7, 11) is 0. The van der Waals surface area contributed by atoms with Gasteiger partial charge in [-0.05, 0) is 46.9 Å². The number of nitrogens with two attached hydrogens (primary N) is 1. The monoisotopic (exact) mass is 289 g/mol. The number of nitrogen functional groups attached to an aromatic ring is 1. The molecule has 0 bridgehead atoms.